The molecule has 4 N–H and O–H groups in total. The number of esters is 1. The maximum atomic E-state index is 13.7. The first-order valence-electron chi connectivity index (χ1n) is 10.8. The molecule has 0 aliphatic heterocycles. The third-order valence-electron chi connectivity index (χ3n) is 4.40. The van der Waals surface area contributed by atoms with Gasteiger partial charge in [-0.15, -0.1) is 0 Å². The van der Waals surface area contributed by atoms with Crippen LogP contribution < -0.4 is 11.1 Å². The van der Waals surface area contributed by atoms with E-state index in [0.717, 1.165) is 23.9 Å². The van der Waals surface area contributed by atoms with Gasteiger partial charge in [0.2, 0.25) is 0 Å². The smallest absolute Gasteiger partial charge is 0.421 e. The van der Waals surface area contributed by atoms with Crippen LogP contribution in [0.2, 0.25) is 0 Å². The summed E-state index contributed by atoms with van der Waals surface area (Å²) in [5, 5.41) is 12.9. The molecule has 34 heavy (non-hydrogen) atoms. The summed E-state index contributed by atoms with van der Waals surface area (Å²) in [6.45, 7) is 10.1. The first-order chi connectivity index (χ1) is 15.3. The van der Waals surface area contributed by atoms with Crippen LogP contribution in [0.25, 0.3) is 0 Å². The first kappa shape index (κ1) is 29.9. The number of benzene rings is 1. The molecular formula is C23H35F3N2O5S. The summed E-state index contributed by atoms with van der Waals surface area (Å²) >= 11 is 1.11. The van der Waals surface area contributed by atoms with Crippen LogP contribution in [0, 0.1) is 0 Å². The minimum atomic E-state index is -4.89. The summed E-state index contributed by atoms with van der Waals surface area (Å²) in [6.07, 6.45) is -6.18. The van der Waals surface area contributed by atoms with Crippen molar-refractivity contribution in [2.45, 2.75) is 83.4 Å². The molecule has 1 unspecified atom stereocenters. The first-order valence-corrected chi connectivity index (χ1v) is 11.9. The van der Waals surface area contributed by atoms with Crippen LogP contribution in [0.15, 0.2) is 24.3 Å². The standard InChI is InChI=1S/C23H35F3N2O5S/c1-20(2,3)32-18(29)17(28-19(30)33-21(4,5)6)11-13-34-14-12-22(31,23(24,25)26)15-7-9-16(27)10-8-15/h7-10,17,31H,11-14,27H2,1-6H3,(H,28,30)/t17-,22?/m0/s1. The zero-order valence-corrected chi connectivity index (χ0v) is 21.2. The number of rotatable bonds is 9. The Labute approximate surface area is 202 Å². The molecule has 0 fully saturated rings. The number of halogens is 3. The number of hydrogen-bond donors (Lipinski definition) is 3. The Bertz CT molecular complexity index is 820. The Morgan fingerprint density at radius 2 is 1.53 bits per heavy atom. The summed E-state index contributed by atoms with van der Waals surface area (Å²) < 4.78 is 51.5. The van der Waals surface area contributed by atoms with Gasteiger partial charge in [0, 0.05) is 5.69 Å². The number of aliphatic hydroxyl groups is 1. The number of carbonyl (C=O) groups is 2. The molecule has 0 spiro atoms. The fourth-order valence-electron chi connectivity index (χ4n) is 2.80. The second-order valence-electron chi connectivity index (χ2n) is 9.86. The lowest BCUT2D eigenvalue weighted by Gasteiger charge is -2.31. The van der Waals surface area contributed by atoms with E-state index in [1.807, 2.05) is 0 Å². The number of carbonyl (C=O) groups excluding carboxylic acids is 2. The van der Waals surface area contributed by atoms with E-state index in [1.54, 1.807) is 41.5 Å². The highest BCUT2D eigenvalue weighted by Crippen LogP contribution is 2.42. The number of hydrogen-bond acceptors (Lipinski definition) is 7. The van der Waals surface area contributed by atoms with Crippen molar-refractivity contribution < 1.29 is 37.3 Å². The number of ether oxygens (including phenoxy) is 2. The quantitative estimate of drug-likeness (QED) is 0.250. The predicted octanol–water partition coefficient (Wildman–Crippen LogP) is 4.77. The van der Waals surface area contributed by atoms with Crippen LogP contribution in [0.4, 0.5) is 23.7 Å². The Morgan fingerprint density at radius 3 is 2.00 bits per heavy atom. The highest BCUT2D eigenvalue weighted by molar-refractivity contribution is 7.99. The molecule has 0 saturated carbocycles. The topological polar surface area (TPSA) is 111 Å². The van der Waals surface area contributed by atoms with Crippen molar-refractivity contribution in [2.24, 2.45) is 0 Å². The van der Waals surface area contributed by atoms with E-state index in [9.17, 15) is 27.9 Å². The molecule has 0 radical (unpaired) electrons. The van der Waals surface area contributed by atoms with Crippen molar-refractivity contribution in [3.8, 4) is 0 Å². The average Bonchev–Trinajstić information content (AvgIpc) is 2.63. The fraction of sp³-hybridized carbons (Fsp3) is 0.652. The number of nitrogen functional groups attached to an aromatic ring is 1. The van der Waals surface area contributed by atoms with Crippen molar-refractivity contribution in [3.05, 3.63) is 29.8 Å². The molecule has 0 aliphatic rings. The third kappa shape index (κ3) is 10.0. The average molecular weight is 509 g/mol. The molecule has 1 aromatic carbocycles. The van der Waals surface area contributed by atoms with Gasteiger partial charge in [-0.3, -0.25) is 0 Å². The molecule has 1 rings (SSSR count). The minimum absolute atomic E-state index is 0.0478. The number of nitrogens with two attached hydrogens (primary N) is 1. The van der Waals surface area contributed by atoms with Gasteiger partial charge >= 0.3 is 18.2 Å². The lowest BCUT2D eigenvalue weighted by molar-refractivity contribution is -0.267. The van der Waals surface area contributed by atoms with Gasteiger partial charge in [-0.1, -0.05) is 12.1 Å². The Hall–Kier alpha value is -2.14. The summed E-state index contributed by atoms with van der Waals surface area (Å²) in [6, 6.07) is 3.85. The van der Waals surface area contributed by atoms with Crippen molar-refractivity contribution in [2.75, 3.05) is 17.2 Å². The molecule has 0 heterocycles. The van der Waals surface area contributed by atoms with Gasteiger partial charge in [0.1, 0.15) is 17.2 Å². The fourth-order valence-corrected chi connectivity index (χ4v) is 3.85. The van der Waals surface area contributed by atoms with Crippen molar-refractivity contribution >= 4 is 29.5 Å². The van der Waals surface area contributed by atoms with E-state index >= 15 is 0 Å². The normalized spacial score (nSPS) is 15.2. The van der Waals surface area contributed by atoms with Crippen molar-refractivity contribution in [1.82, 2.24) is 5.32 Å². The van der Waals surface area contributed by atoms with Gasteiger partial charge in [0.25, 0.3) is 0 Å². The molecule has 194 valence electrons. The van der Waals surface area contributed by atoms with E-state index in [-0.39, 0.29) is 29.2 Å². The molecule has 0 aromatic heterocycles. The van der Waals surface area contributed by atoms with Crippen LogP contribution in [-0.2, 0) is 19.9 Å². The molecule has 1 aromatic rings. The Morgan fingerprint density at radius 1 is 1.00 bits per heavy atom. The summed E-state index contributed by atoms with van der Waals surface area (Å²) in [7, 11) is 0. The van der Waals surface area contributed by atoms with Gasteiger partial charge in [0.05, 0.1) is 0 Å². The molecule has 0 saturated heterocycles. The zero-order valence-electron chi connectivity index (χ0n) is 20.4. The second-order valence-corrected chi connectivity index (χ2v) is 11.1. The number of nitrogens with one attached hydrogen (secondary N) is 1. The number of thioether (sulfide) groups is 1. The highest BCUT2D eigenvalue weighted by Gasteiger charge is 2.54. The molecule has 7 nitrogen and oxygen atoms in total. The van der Waals surface area contributed by atoms with Gasteiger partial charge in [-0.25, -0.2) is 9.59 Å². The third-order valence-corrected chi connectivity index (χ3v) is 5.42. The molecule has 0 aliphatic carbocycles. The summed E-state index contributed by atoms with van der Waals surface area (Å²) in [4.78, 5) is 24.7. The predicted molar refractivity (Wildman–Crippen MR) is 126 cm³/mol. The van der Waals surface area contributed by atoms with E-state index in [1.165, 1.54) is 12.1 Å². The molecule has 0 bridgehead atoms. The number of amides is 1. The zero-order chi connectivity index (χ0) is 26.4. The Kier molecular flexibility index (Phi) is 10.1. The lowest BCUT2D eigenvalue weighted by atomic mass is 9.90. The Balaban J connectivity index is 2.78. The van der Waals surface area contributed by atoms with E-state index < -0.39 is 47.5 Å². The van der Waals surface area contributed by atoms with Crippen molar-refractivity contribution in [1.29, 1.82) is 0 Å². The van der Waals surface area contributed by atoms with Gasteiger partial charge in [-0.05, 0) is 83.6 Å². The summed E-state index contributed by atoms with van der Waals surface area (Å²) in [5.74, 6) is -0.490. The van der Waals surface area contributed by atoms with Crippen molar-refractivity contribution in [3.63, 3.8) is 0 Å². The maximum absolute atomic E-state index is 13.7. The number of alkyl halides is 3. The maximum Gasteiger partial charge on any atom is 0.421 e. The van der Waals surface area contributed by atoms with Crippen LogP contribution in [-0.4, -0.2) is 52.1 Å². The second kappa shape index (κ2) is 11.5. The van der Waals surface area contributed by atoms with Crippen LogP contribution in [0.1, 0.15) is 59.9 Å². The summed E-state index contributed by atoms with van der Waals surface area (Å²) in [5.41, 5.74) is 0.919. The van der Waals surface area contributed by atoms with Crippen LogP contribution >= 0.6 is 11.8 Å². The SMILES string of the molecule is CC(C)(C)OC(=O)N[C@@H](CCSCCC(O)(c1ccc(N)cc1)C(F)(F)F)C(=O)OC(C)(C)C. The van der Waals surface area contributed by atoms with Gasteiger partial charge in [-0.2, -0.15) is 24.9 Å². The largest absolute Gasteiger partial charge is 0.458 e. The number of alkyl carbamates (subject to hydrolysis) is 1. The van der Waals surface area contributed by atoms with E-state index in [0.29, 0.717) is 0 Å². The van der Waals surface area contributed by atoms with Gasteiger partial charge < -0.3 is 25.6 Å². The van der Waals surface area contributed by atoms with Crippen LogP contribution in [0.3, 0.4) is 0 Å². The minimum Gasteiger partial charge on any atom is -0.458 e. The molecule has 11 heteroatoms. The van der Waals surface area contributed by atoms with Crippen LogP contribution in [0.5, 0.6) is 0 Å². The number of anilines is 1. The van der Waals surface area contributed by atoms with Gasteiger partial charge in [0.15, 0.2) is 5.60 Å². The molecular weight excluding hydrogens is 473 g/mol. The molecule has 1 amide bonds. The highest BCUT2D eigenvalue weighted by atomic mass is 32.2. The molecule has 2 atom stereocenters. The lowest BCUT2D eigenvalue weighted by Crippen LogP contribution is -2.46. The van der Waals surface area contributed by atoms with E-state index in [2.05, 4.69) is 5.32 Å². The monoisotopic (exact) mass is 508 g/mol. The van der Waals surface area contributed by atoms with E-state index in [4.69, 9.17) is 15.2 Å².